The Balaban J connectivity index is 2.27. The summed E-state index contributed by atoms with van der Waals surface area (Å²) in [5.74, 6) is -0.453. The number of hydrogen-bond donors (Lipinski definition) is 3. The zero-order valence-electron chi connectivity index (χ0n) is 15.2. The molecule has 1 amide bonds. The Morgan fingerprint density at radius 2 is 1.96 bits per heavy atom. The number of rotatable bonds is 6. The van der Waals surface area contributed by atoms with Gasteiger partial charge in [-0.05, 0) is 31.4 Å². The fourth-order valence-corrected chi connectivity index (χ4v) is 2.68. The zero-order valence-corrected chi connectivity index (χ0v) is 15.2. The Labute approximate surface area is 148 Å². The normalized spacial score (nSPS) is 14.6. The van der Waals surface area contributed by atoms with Gasteiger partial charge in [0.15, 0.2) is 0 Å². The Bertz CT molecular complexity index is 794. The van der Waals surface area contributed by atoms with Crippen molar-refractivity contribution in [3.8, 4) is 11.1 Å². The van der Waals surface area contributed by atoms with Crippen LogP contribution in [0.25, 0.3) is 11.1 Å². The maximum absolute atomic E-state index is 12.5. The first-order valence-electron chi connectivity index (χ1n) is 8.56. The van der Waals surface area contributed by atoms with Crippen molar-refractivity contribution in [2.45, 2.75) is 39.7 Å². The predicted molar refractivity (Wildman–Crippen MR) is 99.6 cm³/mol. The molecule has 2 aromatic rings. The molecule has 5 heteroatoms. The van der Waals surface area contributed by atoms with Crippen molar-refractivity contribution in [3.05, 3.63) is 58.0 Å². The molecule has 0 radical (unpaired) electrons. The highest BCUT2D eigenvalue weighted by Gasteiger charge is 2.28. The van der Waals surface area contributed by atoms with E-state index >= 15 is 0 Å². The van der Waals surface area contributed by atoms with E-state index in [2.05, 4.69) is 10.3 Å². The molecule has 1 aromatic carbocycles. The van der Waals surface area contributed by atoms with E-state index in [0.717, 1.165) is 17.5 Å². The van der Waals surface area contributed by atoms with Gasteiger partial charge in [-0.1, -0.05) is 50.6 Å². The van der Waals surface area contributed by atoms with Crippen molar-refractivity contribution in [1.82, 2.24) is 10.3 Å². The molecule has 0 aliphatic rings. The Kier molecular flexibility index (Phi) is 5.80. The molecular formula is C20H26N2O3. The number of aromatic nitrogens is 1. The number of benzene rings is 1. The summed E-state index contributed by atoms with van der Waals surface area (Å²) in [6.07, 6.45) is 0.798. The molecule has 25 heavy (non-hydrogen) atoms. The fourth-order valence-electron chi connectivity index (χ4n) is 2.68. The number of aryl methyl sites for hydroxylation is 1. The summed E-state index contributed by atoms with van der Waals surface area (Å²) in [5, 5.41) is 13.1. The third kappa shape index (κ3) is 4.37. The van der Waals surface area contributed by atoms with Crippen LogP contribution in [0.15, 0.2) is 41.2 Å². The summed E-state index contributed by atoms with van der Waals surface area (Å²) in [6, 6.07) is 11.2. The van der Waals surface area contributed by atoms with Crippen molar-refractivity contribution in [3.63, 3.8) is 0 Å². The van der Waals surface area contributed by atoms with E-state index in [9.17, 15) is 14.7 Å². The second-order valence-electron chi connectivity index (χ2n) is 6.77. The molecule has 1 heterocycles. The Morgan fingerprint density at radius 1 is 1.32 bits per heavy atom. The first kappa shape index (κ1) is 18.9. The molecule has 1 aromatic heterocycles. The van der Waals surface area contributed by atoms with Crippen molar-refractivity contribution < 1.29 is 9.90 Å². The van der Waals surface area contributed by atoms with Gasteiger partial charge in [-0.25, -0.2) is 0 Å². The fraction of sp³-hybridized carbons (Fsp3) is 0.400. The smallest absolute Gasteiger partial charge is 0.261 e. The number of aromatic amines is 1. The van der Waals surface area contributed by atoms with Crippen LogP contribution >= 0.6 is 0 Å². The van der Waals surface area contributed by atoms with Gasteiger partial charge in [-0.15, -0.1) is 0 Å². The second-order valence-corrected chi connectivity index (χ2v) is 6.77. The first-order chi connectivity index (χ1) is 11.8. The predicted octanol–water partition coefficient (Wildman–Crippen LogP) is 2.88. The van der Waals surface area contributed by atoms with E-state index in [1.54, 1.807) is 19.9 Å². The summed E-state index contributed by atoms with van der Waals surface area (Å²) < 4.78 is 0. The highest BCUT2D eigenvalue weighted by Crippen LogP contribution is 2.22. The average Bonchev–Trinajstić information content (AvgIpc) is 2.59. The molecule has 0 aliphatic carbocycles. The number of carbonyl (C=O) groups excluding carboxylic acids is 1. The lowest BCUT2D eigenvalue weighted by Crippen LogP contribution is -2.45. The van der Waals surface area contributed by atoms with Crippen LogP contribution in [0.4, 0.5) is 0 Å². The Morgan fingerprint density at radius 3 is 2.56 bits per heavy atom. The van der Waals surface area contributed by atoms with Crippen LogP contribution < -0.4 is 10.9 Å². The minimum absolute atomic E-state index is 0.0315. The van der Waals surface area contributed by atoms with Gasteiger partial charge >= 0.3 is 0 Å². The monoisotopic (exact) mass is 342 g/mol. The molecule has 0 bridgehead atoms. The number of amides is 1. The lowest BCUT2D eigenvalue weighted by molar-refractivity contribution is 0.00591. The topological polar surface area (TPSA) is 82.2 Å². The maximum Gasteiger partial charge on any atom is 0.261 e. The second kappa shape index (κ2) is 7.66. The number of nitrogens with one attached hydrogen (secondary N) is 2. The molecule has 0 aliphatic heterocycles. The van der Waals surface area contributed by atoms with Crippen molar-refractivity contribution in [2.75, 3.05) is 6.54 Å². The zero-order chi connectivity index (χ0) is 18.6. The molecule has 0 saturated heterocycles. The van der Waals surface area contributed by atoms with E-state index in [4.69, 9.17) is 0 Å². The Hall–Kier alpha value is -2.40. The van der Waals surface area contributed by atoms with Crippen LogP contribution in [-0.2, 0) is 0 Å². The quantitative estimate of drug-likeness (QED) is 0.755. The van der Waals surface area contributed by atoms with Gasteiger partial charge in [0, 0.05) is 17.8 Å². The van der Waals surface area contributed by atoms with Crippen molar-refractivity contribution >= 4 is 5.91 Å². The van der Waals surface area contributed by atoms with Crippen LogP contribution in [-0.4, -0.2) is 28.1 Å². The van der Waals surface area contributed by atoms with Gasteiger partial charge in [0.1, 0.15) is 5.56 Å². The van der Waals surface area contributed by atoms with Gasteiger partial charge in [0.2, 0.25) is 0 Å². The number of pyridine rings is 1. The molecule has 5 nitrogen and oxygen atoms in total. The molecular weight excluding hydrogens is 316 g/mol. The van der Waals surface area contributed by atoms with Crippen LogP contribution in [0.5, 0.6) is 0 Å². The third-order valence-corrected chi connectivity index (χ3v) is 4.85. The van der Waals surface area contributed by atoms with Crippen molar-refractivity contribution in [1.29, 1.82) is 0 Å². The number of carbonyl (C=O) groups is 1. The summed E-state index contributed by atoms with van der Waals surface area (Å²) in [7, 11) is 0. The molecule has 0 fully saturated rings. The van der Waals surface area contributed by atoms with Gasteiger partial charge in [-0.3, -0.25) is 9.59 Å². The summed E-state index contributed by atoms with van der Waals surface area (Å²) in [5.41, 5.74) is 1.03. The first-order valence-corrected chi connectivity index (χ1v) is 8.56. The molecule has 0 spiro atoms. The maximum atomic E-state index is 12.5. The van der Waals surface area contributed by atoms with Gasteiger partial charge in [0.25, 0.3) is 11.5 Å². The van der Waals surface area contributed by atoms with E-state index in [1.807, 2.05) is 44.2 Å². The summed E-state index contributed by atoms with van der Waals surface area (Å²) in [4.78, 5) is 27.4. The van der Waals surface area contributed by atoms with Crippen LogP contribution in [0.1, 0.15) is 43.2 Å². The number of aliphatic hydroxyl groups is 1. The van der Waals surface area contributed by atoms with Gasteiger partial charge in [-0.2, -0.15) is 0 Å². The van der Waals surface area contributed by atoms with E-state index in [-0.39, 0.29) is 18.0 Å². The largest absolute Gasteiger partial charge is 0.388 e. The minimum Gasteiger partial charge on any atom is -0.388 e. The summed E-state index contributed by atoms with van der Waals surface area (Å²) in [6.45, 7) is 7.50. The highest BCUT2D eigenvalue weighted by atomic mass is 16.3. The molecule has 2 unspecified atom stereocenters. The van der Waals surface area contributed by atoms with Crippen LogP contribution in [0.2, 0.25) is 0 Å². The van der Waals surface area contributed by atoms with E-state index in [1.165, 1.54) is 0 Å². The number of H-pyrrole nitrogens is 1. The molecule has 2 atom stereocenters. The van der Waals surface area contributed by atoms with Crippen molar-refractivity contribution in [2.24, 2.45) is 5.92 Å². The molecule has 2 rings (SSSR count). The van der Waals surface area contributed by atoms with E-state index in [0.29, 0.717) is 5.69 Å². The molecule has 0 saturated carbocycles. The van der Waals surface area contributed by atoms with Crippen LogP contribution in [0, 0.1) is 12.8 Å². The molecule has 134 valence electrons. The average molecular weight is 342 g/mol. The SMILES string of the molecule is CCC(C)C(C)(O)CNC(=O)c1cc(-c2ccccc2)c(C)[nH]c1=O. The lowest BCUT2D eigenvalue weighted by Gasteiger charge is -2.29. The van der Waals surface area contributed by atoms with E-state index < -0.39 is 17.1 Å². The van der Waals surface area contributed by atoms with Gasteiger partial charge in [0.05, 0.1) is 5.60 Å². The standard InChI is InChI=1S/C20H26N2O3/c1-5-13(2)20(4,25)12-21-18(23)17-11-16(14(3)22-19(17)24)15-9-7-6-8-10-15/h6-11,13,25H,5,12H2,1-4H3,(H,21,23)(H,22,24). The number of hydrogen-bond acceptors (Lipinski definition) is 3. The highest BCUT2D eigenvalue weighted by molar-refractivity contribution is 5.95. The third-order valence-electron chi connectivity index (χ3n) is 4.85. The van der Waals surface area contributed by atoms with Gasteiger partial charge < -0.3 is 15.4 Å². The minimum atomic E-state index is -1.02. The lowest BCUT2D eigenvalue weighted by atomic mass is 9.88. The van der Waals surface area contributed by atoms with Crippen LogP contribution in [0.3, 0.4) is 0 Å². The summed E-state index contributed by atoms with van der Waals surface area (Å²) >= 11 is 0. The molecule has 3 N–H and O–H groups in total.